The van der Waals surface area contributed by atoms with Gasteiger partial charge >= 0.3 is 0 Å². The van der Waals surface area contributed by atoms with Gasteiger partial charge in [-0.3, -0.25) is 9.52 Å². The Morgan fingerprint density at radius 1 is 0.966 bits per heavy atom. The summed E-state index contributed by atoms with van der Waals surface area (Å²) in [5, 5.41) is 3.98. The lowest BCUT2D eigenvalue weighted by molar-refractivity contribution is 0.103. The number of sulfonamides is 1. The second-order valence-electron chi connectivity index (χ2n) is 6.04. The van der Waals surface area contributed by atoms with Crippen molar-refractivity contribution in [1.29, 1.82) is 0 Å². The standard InChI is InChI=1S/C20H14ClN3O3S2/c21-18-15-5-1-2-6-16(15)28-19(18)20(25)23-13-8-10-14(11-9-13)29(26,27)24-17-7-3-4-12-22-17/h1-12H,(H,22,24)(H,23,25). The zero-order chi connectivity index (χ0) is 20.4. The number of anilines is 2. The molecule has 2 heterocycles. The van der Waals surface area contributed by atoms with Crippen LogP contribution in [-0.4, -0.2) is 19.3 Å². The van der Waals surface area contributed by atoms with E-state index >= 15 is 0 Å². The van der Waals surface area contributed by atoms with Gasteiger partial charge in [0.05, 0.1) is 9.92 Å². The van der Waals surface area contributed by atoms with Crippen LogP contribution in [-0.2, 0) is 10.0 Å². The highest BCUT2D eigenvalue weighted by atomic mass is 35.5. The summed E-state index contributed by atoms with van der Waals surface area (Å²) in [6, 6.07) is 18.3. The number of benzene rings is 2. The minimum atomic E-state index is -3.78. The van der Waals surface area contributed by atoms with Gasteiger partial charge in [0.1, 0.15) is 10.7 Å². The molecule has 9 heteroatoms. The lowest BCUT2D eigenvalue weighted by Gasteiger charge is -2.08. The molecule has 0 saturated carbocycles. The minimum Gasteiger partial charge on any atom is -0.321 e. The summed E-state index contributed by atoms with van der Waals surface area (Å²) < 4.78 is 28.2. The van der Waals surface area contributed by atoms with Gasteiger partial charge in [0.2, 0.25) is 0 Å². The van der Waals surface area contributed by atoms with Crippen LogP contribution in [0.4, 0.5) is 11.5 Å². The van der Waals surface area contributed by atoms with Crippen LogP contribution in [0.3, 0.4) is 0 Å². The Balaban J connectivity index is 1.52. The van der Waals surface area contributed by atoms with Crippen LogP contribution in [0.25, 0.3) is 10.1 Å². The molecule has 0 unspecified atom stereocenters. The Labute approximate surface area is 176 Å². The summed E-state index contributed by atoms with van der Waals surface area (Å²) in [6.45, 7) is 0. The molecule has 1 amide bonds. The van der Waals surface area contributed by atoms with Crippen molar-refractivity contribution < 1.29 is 13.2 Å². The zero-order valence-electron chi connectivity index (χ0n) is 14.8. The molecule has 4 aromatic rings. The lowest BCUT2D eigenvalue weighted by Crippen LogP contribution is -2.14. The molecule has 2 N–H and O–H groups in total. The Hall–Kier alpha value is -2.94. The molecule has 0 aliphatic rings. The Morgan fingerprint density at radius 2 is 1.69 bits per heavy atom. The van der Waals surface area contributed by atoms with E-state index in [2.05, 4.69) is 15.0 Å². The number of thiophene rings is 1. The van der Waals surface area contributed by atoms with Crippen LogP contribution in [0.5, 0.6) is 0 Å². The number of nitrogens with one attached hydrogen (secondary N) is 2. The Kier molecular flexibility index (Phi) is 5.23. The number of amides is 1. The molecule has 0 fully saturated rings. The third-order valence-corrected chi connectivity index (χ3v) is 7.11. The number of halogens is 1. The third kappa shape index (κ3) is 4.09. The highest BCUT2D eigenvalue weighted by Gasteiger charge is 2.18. The molecule has 146 valence electrons. The molecule has 0 aliphatic heterocycles. The van der Waals surface area contributed by atoms with Crippen LogP contribution in [0.1, 0.15) is 9.67 Å². The van der Waals surface area contributed by atoms with Gasteiger partial charge in [0.25, 0.3) is 15.9 Å². The number of pyridine rings is 1. The summed E-state index contributed by atoms with van der Waals surface area (Å²) in [4.78, 5) is 17.0. The number of hydrogen-bond donors (Lipinski definition) is 2. The molecule has 2 aromatic carbocycles. The van der Waals surface area contributed by atoms with Gasteiger partial charge in [0, 0.05) is 22.0 Å². The predicted molar refractivity (Wildman–Crippen MR) is 116 cm³/mol. The number of fused-ring (bicyclic) bond motifs is 1. The molecule has 0 aliphatic carbocycles. The number of nitrogens with zero attached hydrogens (tertiary/aromatic N) is 1. The first-order valence-electron chi connectivity index (χ1n) is 8.46. The van der Waals surface area contributed by atoms with Gasteiger partial charge in [-0.15, -0.1) is 11.3 Å². The largest absolute Gasteiger partial charge is 0.321 e. The van der Waals surface area contributed by atoms with E-state index in [1.54, 1.807) is 18.2 Å². The number of hydrogen-bond acceptors (Lipinski definition) is 5. The van der Waals surface area contributed by atoms with Gasteiger partial charge in [-0.25, -0.2) is 13.4 Å². The summed E-state index contributed by atoms with van der Waals surface area (Å²) in [5.41, 5.74) is 0.459. The van der Waals surface area contributed by atoms with Gasteiger partial charge in [-0.1, -0.05) is 35.9 Å². The first-order valence-corrected chi connectivity index (χ1v) is 11.1. The molecule has 4 rings (SSSR count). The molecule has 0 atom stereocenters. The van der Waals surface area contributed by atoms with Crippen LogP contribution >= 0.6 is 22.9 Å². The topological polar surface area (TPSA) is 88.2 Å². The fraction of sp³-hybridized carbons (Fsp3) is 0. The first-order chi connectivity index (χ1) is 13.9. The van der Waals surface area contributed by atoms with E-state index < -0.39 is 10.0 Å². The Bertz CT molecular complexity index is 1290. The maximum atomic E-state index is 12.6. The summed E-state index contributed by atoms with van der Waals surface area (Å²) >= 11 is 7.64. The fourth-order valence-electron chi connectivity index (χ4n) is 2.69. The van der Waals surface area contributed by atoms with E-state index in [4.69, 9.17) is 11.6 Å². The van der Waals surface area contributed by atoms with Crippen LogP contribution in [0.15, 0.2) is 77.8 Å². The summed E-state index contributed by atoms with van der Waals surface area (Å²) in [5.74, 6) is -0.122. The van der Waals surface area contributed by atoms with Crippen molar-refractivity contribution >= 4 is 60.5 Å². The number of carbonyl (C=O) groups is 1. The number of carbonyl (C=O) groups excluding carboxylic acids is 1. The van der Waals surface area contributed by atoms with Crippen LogP contribution in [0, 0.1) is 0 Å². The molecular weight excluding hydrogens is 430 g/mol. The van der Waals surface area contributed by atoms with Crippen molar-refractivity contribution in [1.82, 2.24) is 4.98 Å². The van der Waals surface area contributed by atoms with E-state index in [9.17, 15) is 13.2 Å². The molecule has 29 heavy (non-hydrogen) atoms. The SMILES string of the molecule is O=C(Nc1ccc(S(=O)(=O)Nc2ccccn2)cc1)c1sc2ccccc2c1Cl. The third-order valence-electron chi connectivity index (χ3n) is 4.07. The van der Waals surface area contributed by atoms with Crippen molar-refractivity contribution in [3.63, 3.8) is 0 Å². The number of rotatable bonds is 5. The molecule has 0 saturated heterocycles. The maximum absolute atomic E-state index is 12.6. The van der Waals surface area contributed by atoms with E-state index in [0.717, 1.165) is 10.1 Å². The van der Waals surface area contributed by atoms with E-state index in [1.165, 1.54) is 41.8 Å². The van der Waals surface area contributed by atoms with Gasteiger partial charge in [-0.2, -0.15) is 0 Å². The zero-order valence-corrected chi connectivity index (χ0v) is 17.2. The second kappa shape index (κ2) is 7.82. The number of aromatic nitrogens is 1. The van der Waals surface area contributed by atoms with Crippen LogP contribution in [0.2, 0.25) is 5.02 Å². The maximum Gasteiger partial charge on any atom is 0.267 e. The van der Waals surface area contributed by atoms with E-state index in [-0.39, 0.29) is 16.6 Å². The van der Waals surface area contributed by atoms with Crippen LogP contribution < -0.4 is 10.0 Å². The second-order valence-corrected chi connectivity index (χ2v) is 9.15. The first kappa shape index (κ1) is 19.4. The van der Waals surface area contributed by atoms with E-state index in [1.807, 2.05) is 24.3 Å². The predicted octanol–water partition coefficient (Wildman–Crippen LogP) is 5.00. The summed E-state index contributed by atoms with van der Waals surface area (Å²) in [6.07, 6.45) is 1.50. The van der Waals surface area contributed by atoms with Crippen molar-refractivity contribution in [2.45, 2.75) is 4.90 Å². The van der Waals surface area contributed by atoms with Gasteiger partial charge in [-0.05, 0) is 42.5 Å². The van der Waals surface area contributed by atoms with E-state index in [0.29, 0.717) is 15.6 Å². The molecule has 6 nitrogen and oxygen atoms in total. The fourth-order valence-corrected chi connectivity index (χ4v) is 5.11. The Morgan fingerprint density at radius 3 is 2.38 bits per heavy atom. The van der Waals surface area contributed by atoms with Gasteiger partial charge < -0.3 is 5.32 Å². The highest BCUT2D eigenvalue weighted by molar-refractivity contribution is 7.92. The van der Waals surface area contributed by atoms with Crippen molar-refractivity contribution in [3.8, 4) is 0 Å². The smallest absolute Gasteiger partial charge is 0.267 e. The van der Waals surface area contributed by atoms with Crippen molar-refractivity contribution in [2.24, 2.45) is 0 Å². The summed E-state index contributed by atoms with van der Waals surface area (Å²) in [7, 11) is -3.78. The molecule has 0 bridgehead atoms. The normalized spacial score (nSPS) is 11.3. The highest BCUT2D eigenvalue weighted by Crippen LogP contribution is 2.35. The average Bonchev–Trinajstić information content (AvgIpc) is 3.06. The lowest BCUT2D eigenvalue weighted by atomic mass is 10.2. The van der Waals surface area contributed by atoms with Crippen molar-refractivity contribution in [2.75, 3.05) is 10.0 Å². The molecule has 2 aromatic heterocycles. The molecule has 0 spiro atoms. The quantitative estimate of drug-likeness (QED) is 0.454. The monoisotopic (exact) mass is 443 g/mol. The molecular formula is C20H14ClN3O3S2. The van der Waals surface area contributed by atoms with Gasteiger partial charge in [0.15, 0.2) is 0 Å². The van der Waals surface area contributed by atoms with Crippen molar-refractivity contribution in [3.05, 3.63) is 82.8 Å². The average molecular weight is 444 g/mol. The molecule has 0 radical (unpaired) electrons. The minimum absolute atomic E-state index is 0.0565.